The van der Waals surface area contributed by atoms with E-state index in [4.69, 9.17) is 4.74 Å². The Kier molecular flexibility index (Phi) is 6.47. The van der Waals surface area contributed by atoms with Crippen molar-refractivity contribution in [3.05, 3.63) is 94.3 Å². The van der Waals surface area contributed by atoms with E-state index in [1.54, 1.807) is 17.7 Å². The van der Waals surface area contributed by atoms with E-state index >= 15 is 0 Å². The summed E-state index contributed by atoms with van der Waals surface area (Å²) in [7, 11) is 1.62. The van der Waals surface area contributed by atoms with E-state index in [-0.39, 0.29) is 11.5 Å². The molecule has 8 nitrogen and oxygen atoms in total. The molecular weight excluding hydrogens is 474 g/mol. The molecule has 0 saturated heterocycles. The number of methoxy groups -OCH3 is 1. The number of carbonyl (C=O) groups is 1. The molecule has 5 rings (SSSR count). The third-order valence-corrected chi connectivity index (χ3v) is 7.01. The summed E-state index contributed by atoms with van der Waals surface area (Å²) in [6.45, 7) is 4.23. The minimum Gasteiger partial charge on any atom is -0.497 e. The molecule has 0 fully saturated rings. The van der Waals surface area contributed by atoms with Crippen LogP contribution in [0, 0.1) is 6.92 Å². The summed E-state index contributed by atoms with van der Waals surface area (Å²) in [5.41, 5.74) is 3.30. The van der Waals surface area contributed by atoms with Gasteiger partial charge in [-0.05, 0) is 55.8 Å². The summed E-state index contributed by atoms with van der Waals surface area (Å²) < 4.78 is 8.58. The molecule has 0 bridgehead atoms. The Balaban J connectivity index is 1.47. The van der Waals surface area contributed by atoms with Gasteiger partial charge >= 0.3 is 0 Å². The number of amides is 1. The molecule has 1 amide bonds. The van der Waals surface area contributed by atoms with Gasteiger partial charge in [0.2, 0.25) is 11.7 Å². The summed E-state index contributed by atoms with van der Waals surface area (Å²) in [4.78, 5) is 26.3. The number of thioether (sulfide) groups is 1. The van der Waals surface area contributed by atoms with Crippen LogP contribution in [0.3, 0.4) is 0 Å². The number of ether oxygens (including phenoxy) is 1. The maximum Gasteiger partial charge on any atom is 0.267 e. The minimum absolute atomic E-state index is 0.122. The smallest absolute Gasteiger partial charge is 0.267 e. The number of benzene rings is 3. The summed E-state index contributed by atoms with van der Waals surface area (Å²) in [6.07, 6.45) is 0. The Hall–Kier alpha value is -4.11. The Labute approximate surface area is 211 Å². The van der Waals surface area contributed by atoms with Gasteiger partial charge in [0.25, 0.3) is 5.56 Å². The Morgan fingerprint density at radius 2 is 1.75 bits per heavy atom. The summed E-state index contributed by atoms with van der Waals surface area (Å²) in [5.74, 6) is 1.05. The molecule has 1 atom stereocenters. The van der Waals surface area contributed by atoms with Crippen molar-refractivity contribution in [1.29, 1.82) is 0 Å². The lowest BCUT2D eigenvalue weighted by Crippen LogP contribution is -2.30. The van der Waals surface area contributed by atoms with E-state index in [9.17, 15) is 9.59 Å². The monoisotopic (exact) mass is 499 g/mol. The van der Waals surface area contributed by atoms with Crippen molar-refractivity contribution in [1.82, 2.24) is 24.5 Å². The van der Waals surface area contributed by atoms with Gasteiger partial charge in [0.15, 0.2) is 5.16 Å². The van der Waals surface area contributed by atoms with E-state index in [1.807, 2.05) is 85.0 Å². The van der Waals surface area contributed by atoms with Crippen LogP contribution in [0.2, 0.25) is 0 Å². The Morgan fingerprint density at radius 3 is 2.47 bits per heavy atom. The van der Waals surface area contributed by atoms with Crippen LogP contribution < -0.4 is 15.6 Å². The molecule has 1 unspecified atom stereocenters. The van der Waals surface area contributed by atoms with Gasteiger partial charge in [0.1, 0.15) is 5.75 Å². The highest BCUT2D eigenvalue weighted by Crippen LogP contribution is 2.26. The van der Waals surface area contributed by atoms with E-state index in [1.165, 1.54) is 11.8 Å². The van der Waals surface area contributed by atoms with Crippen molar-refractivity contribution in [2.75, 3.05) is 7.11 Å². The first-order valence-electron chi connectivity index (χ1n) is 11.5. The van der Waals surface area contributed by atoms with E-state index in [0.717, 1.165) is 16.9 Å². The van der Waals surface area contributed by atoms with Crippen molar-refractivity contribution >= 4 is 34.3 Å². The van der Waals surface area contributed by atoms with Gasteiger partial charge in [-0.25, -0.2) is 4.57 Å². The van der Waals surface area contributed by atoms with Gasteiger partial charge in [-0.2, -0.15) is 0 Å². The van der Waals surface area contributed by atoms with Crippen molar-refractivity contribution in [3.63, 3.8) is 0 Å². The topological polar surface area (TPSA) is 90.5 Å². The molecule has 0 aliphatic heterocycles. The molecule has 1 N–H and O–H groups in total. The Bertz CT molecular complexity index is 1610. The number of fused-ring (bicyclic) bond motifs is 3. The van der Waals surface area contributed by atoms with Gasteiger partial charge in [0.05, 0.1) is 29.0 Å². The first kappa shape index (κ1) is 23.6. The Morgan fingerprint density at radius 1 is 1.03 bits per heavy atom. The van der Waals surface area contributed by atoms with Crippen molar-refractivity contribution in [3.8, 4) is 11.4 Å². The molecule has 2 aromatic heterocycles. The number of hydrogen-bond donors (Lipinski definition) is 1. The molecule has 3 aromatic carbocycles. The number of carbonyl (C=O) groups excluding carboxylic acids is 1. The number of aryl methyl sites for hydroxylation is 1. The number of para-hydroxylation sites is 1. The zero-order valence-corrected chi connectivity index (χ0v) is 21.0. The average Bonchev–Trinajstić information content (AvgIpc) is 3.31. The van der Waals surface area contributed by atoms with Gasteiger partial charge in [0, 0.05) is 6.54 Å². The van der Waals surface area contributed by atoms with E-state index in [2.05, 4.69) is 15.5 Å². The molecule has 0 saturated carbocycles. The summed E-state index contributed by atoms with van der Waals surface area (Å²) in [5, 5.41) is 12.4. The second-order valence-corrected chi connectivity index (χ2v) is 9.75. The van der Waals surface area contributed by atoms with Crippen LogP contribution in [0.1, 0.15) is 18.1 Å². The lowest BCUT2D eigenvalue weighted by Gasteiger charge is -2.13. The maximum atomic E-state index is 13.4. The minimum atomic E-state index is -0.436. The van der Waals surface area contributed by atoms with Crippen LogP contribution in [0.5, 0.6) is 5.75 Å². The van der Waals surface area contributed by atoms with Crippen molar-refractivity contribution in [2.45, 2.75) is 30.8 Å². The highest BCUT2D eigenvalue weighted by atomic mass is 32.2. The number of rotatable bonds is 7. The van der Waals surface area contributed by atoms with Gasteiger partial charge in [-0.3, -0.25) is 14.0 Å². The van der Waals surface area contributed by atoms with Gasteiger partial charge in [-0.15, -0.1) is 10.2 Å². The van der Waals surface area contributed by atoms with Crippen LogP contribution in [-0.4, -0.2) is 37.4 Å². The highest BCUT2D eigenvalue weighted by Gasteiger charge is 2.22. The zero-order chi connectivity index (χ0) is 25.2. The standard InChI is InChI=1S/C27H25N5O3S/c1-17-8-12-20(13-9-17)31-25(34)22-6-4-5-7-23(22)32-26(31)29-30-27(32)36-18(2)24(33)28-16-19-10-14-21(35-3)15-11-19/h4-15,18H,16H2,1-3H3,(H,28,33). The maximum absolute atomic E-state index is 13.4. The number of aromatic nitrogens is 4. The predicted molar refractivity (Wildman–Crippen MR) is 141 cm³/mol. The summed E-state index contributed by atoms with van der Waals surface area (Å²) >= 11 is 1.30. The molecule has 0 radical (unpaired) electrons. The third-order valence-electron chi connectivity index (χ3n) is 5.96. The molecule has 0 aliphatic carbocycles. The SMILES string of the molecule is COc1ccc(CNC(=O)C(C)Sc2nnc3n(-c4ccc(C)cc4)c(=O)c4ccccc4n23)cc1. The second kappa shape index (κ2) is 9.87. The lowest BCUT2D eigenvalue weighted by atomic mass is 10.2. The summed E-state index contributed by atoms with van der Waals surface area (Å²) in [6, 6.07) is 22.6. The fourth-order valence-electron chi connectivity index (χ4n) is 3.97. The first-order chi connectivity index (χ1) is 17.5. The second-order valence-electron chi connectivity index (χ2n) is 8.44. The molecule has 0 aliphatic rings. The largest absolute Gasteiger partial charge is 0.497 e. The van der Waals surface area contributed by atoms with Crippen LogP contribution in [0.4, 0.5) is 0 Å². The quantitative estimate of drug-likeness (QED) is 0.339. The molecule has 182 valence electrons. The van der Waals surface area contributed by atoms with Gasteiger partial charge in [-0.1, -0.05) is 53.7 Å². The average molecular weight is 500 g/mol. The molecule has 0 spiro atoms. The highest BCUT2D eigenvalue weighted by molar-refractivity contribution is 8.00. The fraction of sp³-hybridized carbons (Fsp3) is 0.185. The lowest BCUT2D eigenvalue weighted by molar-refractivity contribution is -0.120. The van der Waals surface area contributed by atoms with E-state index < -0.39 is 5.25 Å². The third kappa shape index (κ3) is 4.45. The number of nitrogens with zero attached hydrogens (tertiary/aromatic N) is 4. The molecule has 5 aromatic rings. The molecule has 2 heterocycles. The predicted octanol–water partition coefficient (Wildman–Crippen LogP) is 4.15. The molecule has 9 heteroatoms. The van der Waals surface area contributed by atoms with E-state index in [0.29, 0.717) is 34.1 Å². The van der Waals surface area contributed by atoms with Crippen LogP contribution in [-0.2, 0) is 11.3 Å². The van der Waals surface area contributed by atoms with Crippen LogP contribution in [0.25, 0.3) is 22.4 Å². The number of hydrogen-bond acceptors (Lipinski definition) is 6. The number of nitrogens with one attached hydrogen (secondary N) is 1. The van der Waals surface area contributed by atoms with Crippen LogP contribution in [0.15, 0.2) is 82.7 Å². The zero-order valence-electron chi connectivity index (χ0n) is 20.1. The fourth-order valence-corrected chi connectivity index (χ4v) is 4.85. The van der Waals surface area contributed by atoms with Gasteiger partial charge < -0.3 is 10.1 Å². The molecular formula is C27H25N5O3S. The molecule has 36 heavy (non-hydrogen) atoms. The normalized spacial score (nSPS) is 12.1. The van der Waals surface area contributed by atoms with Crippen LogP contribution >= 0.6 is 11.8 Å². The van der Waals surface area contributed by atoms with Crippen molar-refractivity contribution in [2.24, 2.45) is 0 Å². The first-order valence-corrected chi connectivity index (χ1v) is 12.4. The van der Waals surface area contributed by atoms with Crippen molar-refractivity contribution < 1.29 is 9.53 Å².